The highest BCUT2D eigenvalue weighted by molar-refractivity contribution is 6.31. The van der Waals surface area contributed by atoms with Crippen LogP contribution in [0.4, 0.5) is 11.4 Å². The summed E-state index contributed by atoms with van der Waals surface area (Å²) in [6.07, 6.45) is 0.130. The fourth-order valence-electron chi connectivity index (χ4n) is 2.76. The van der Waals surface area contributed by atoms with Gasteiger partial charge in [-0.15, -0.1) is 0 Å². The SMILES string of the molecule is Cc1ccc(O)c(NC(=O)C2CC(=O)N(c3cccc(Cl)c3)C2)c1. The molecule has 2 N–H and O–H groups in total. The smallest absolute Gasteiger partial charge is 0.229 e. The van der Waals surface area contributed by atoms with E-state index in [0.29, 0.717) is 16.4 Å². The number of nitrogens with one attached hydrogen (secondary N) is 1. The standard InChI is InChI=1S/C18H17ClN2O3/c1-11-5-6-16(22)15(7-11)20-18(24)12-8-17(23)21(10-12)14-4-2-3-13(19)9-14/h2-7,9,12,22H,8,10H2,1H3,(H,20,24). The quantitative estimate of drug-likeness (QED) is 0.839. The van der Waals surface area contributed by atoms with E-state index < -0.39 is 5.92 Å². The average molecular weight is 345 g/mol. The topological polar surface area (TPSA) is 69.6 Å². The van der Waals surface area contributed by atoms with Crippen LogP contribution >= 0.6 is 11.6 Å². The number of anilines is 2. The van der Waals surface area contributed by atoms with Crippen LogP contribution < -0.4 is 10.2 Å². The molecule has 1 heterocycles. The highest BCUT2D eigenvalue weighted by atomic mass is 35.5. The molecule has 0 bridgehead atoms. The third kappa shape index (κ3) is 3.36. The molecule has 1 fully saturated rings. The van der Waals surface area contributed by atoms with Gasteiger partial charge in [0, 0.05) is 23.7 Å². The summed E-state index contributed by atoms with van der Waals surface area (Å²) in [6, 6.07) is 12.0. The summed E-state index contributed by atoms with van der Waals surface area (Å²) in [7, 11) is 0. The Labute approximate surface area is 144 Å². The third-order valence-electron chi connectivity index (χ3n) is 4.03. The van der Waals surface area contributed by atoms with Crippen molar-refractivity contribution >= 4 is 34.8 Å². The summed E-state index contributed by atoms with van der Waals surface area (Å²) in [4.78, 5) is 26.2. The Kier molecular flexibility index (Phi) is 4.44. The largest absolute Gasteiger partial charge is 0.506 e. The van der Waals surface area contributed by atoms with Gasteiger partial charge in [0.1, 0.15) is 5.75 Å². The molecule has 6 heteroatoms. The van der Waals surface area contributed by atoms with Gasteiger partial charge >= 0.3 is 0 Å². The van der Waals surface area contributed by atoms with E-state index in [9.17, 15) is 14.7 Å². The van der Waals surface area contributed by atoms with Crippen molar-refractivity contribution in [2.24, 2.45) is 5.92 Å². The number of aryl methyl sites for hydroxylation is 1. The number of amides is 2. The van der Waals surface area contributed by atoms with Crippen molar-refractivity contribution in [1.29, 1.82) is 0 Å². The van der Waals surface area contributed by atoms with Crippen molar-refractivity contribution in [2.45, 2.75) is 13.3 Å². The van der Waals surface area contributed by atoms with Crippen molar-refractivity contribution in [1.82, 2.24) is 0 Å². The Balaban J connectivity index is 1.73. The second kappa shape index (κ2) is 6.53. The molecule has 0 radical (unpaired) electrons. The van der Waals surface area contributed by atoms with Crippen LogP contribution in [0.2, 0.25) is 5.02 Å². The first-order chi connectivity index (χ1) is 11.4. The molecule has 1 aliphatic heterocycles. The van der Waals surface area contributed by atoms with Crippen LogP contribution in [-0.4, -0.2) is 23.5 Å². The van der Waals surface area contributed by atoms with Crippen LogP contribution in [0.15, 0.2) is 42.5 Å². The molecule has 0 spiro atoms. The molecule has 1 atom stereocenters. The maximum Gasteiger partial charge on any atom is 0.229 e. The second-order valence-electron chi connectivity index (χ2n) is 5.90. The van der Waals surface area contributed by atoms with Crippen molar-refractivity contribution in [2.75, 3.05) is 16.8 Å². The summed E-state index contributed by atoms with van der Waals surface area (Å²) in [5, 5.41) is 13.1. The summed E-state index contributed by atoms with van der Waals surface area (Å²) in [5.74, 6) is -0.874. The van der Waals surface area contributed by atoms with E-state index in [0.717, 1.165) is 5.56 Å². The normalized spacial score (nSPS) is 17.2. The molecule has 0 aliphatic carbocycles. The predicted octanol–water partition coefficient (Wildman–Crippen LogP) is 3.35. The van der Waals surface area contributed by atoms with Gasteiger partial charge in [0.2, 0.25) is 11.8 Å². The number of carbonyl (C=O) groups excluding carboxylic acids is 2. The number of nitrogens with zero attached hydrogens (tertiary/aromatic N) is 1. The molecular weight excluding hydrogens is 328 g/mol. The van der Waals surface area contributed by atoms with E-state index in [1.807, 2.05) is 6.92 Å². The zero-order valence-corrected chi connectivity index (χ0v) is 13.9. The van der Waals surface area contributed by atoms with Gasteiger partial charge in [-0.05, 0) is 42.8 Å². The molecule has 24 heavy (non-hydrogen) atoms. The van der Waals surface area contributed by atoms with E-state index in [2.05, 4.69) is 5.32 Å². The molecule has 1 aliphatic rings. The first-order valence-electron chi connectivity index (χ1n) is 7.60. The maximum atomic E-state index is 12.4. The Morgan fingerprint density at radius 2 is 2.08 bits per heavy atom. The summed E-state index contributed by atoms with van der Waals surface area (Å²) in [6.45, 7) is 2.16. The van der Waals surface area contributed by atoms with Gasteiger partial charge in [0.25, 0.3) is 0 Å². The fourth-order valence-corrected chi connectivity index (χ4v) is 2.95. The van der Waals surface area contributed by atoms with Gasteiger partial charge in [-0.2, -0.15) is 0 Å². The molecule has 0 aromatic heterocycles. The molecule has 2 aromatic carbocycles. The number of benzene rings is 2. The maximum absolute atomic E-state index is 12.4. The minimum absolute atomic E-state index is 0.00460. The zero-order chi connectivity index (χ0) is 17.3. The van der Waals surface area contributed by atoms with E-state index in [1.165, 1.54) is 6.07 Å². The number of aromatic hydroxyl groups is 1. The Bertz CT molecular complexity index is 807. The molecule has 124 valence electrons. The fraction of sp³-hybridized carbons (Fsp3) is 0.222. The molecule has 1 saturated heterocycles. The van der Waals surface area contributed by atoms with Crippen molar-refractivity contribution in [3.63, 3.8) is 0 Å². The zero-order valence-electron chi connectivity index (χ0n) is 13.1. The van der Waals surface area contributed by atoms with Crippen LogP contribution in [0, 0.1) is 12.8 Å². The monoisotopic (exact) mass is 344 g/mol. The van der Waals surface area contributed by atoms with Gasteiger partial charge in [0.15, 0.2) is 0 Å². The van der Waals surface area contributed by atoms with Crippen molar-refractivity contribution < 1.29 is 14.7 Å². The molecule has 3 rings (SSSR count). The van der Waals surface area contributed by atoms with Crippen LogP contribution in [0.5, 0.6) is 5.75 Å². The van der Waals surface area contributed by atoms with Crippen molar-refractivity contribution in [3.05, 3.63) is 53.1 Å². The number of hydrogen-bond acceptors (Lipinski definition) is 3. The van der Waals surface area contributed by atoms with Gasteiger partial charge in [-0.25, -0.2) is 0 Å². The van der Waals surface area contributed by atoms with Gasteiger partial charge in [-0.3, -0.25) is 9.59 Å². The lowest BCUT2D eigenvalue weighted by Crippen LogP contribution is -2.28. The lowest BCUT2D eigenvalue weighted by Gasteiger charge is -2.17. The number of phenolic OH excluding ortho intramolecular Hbond substituents is 1. The molecule has 2 aromatic rings. The predicted molar refractivity (Wildman–Crippen MR) is 93.4 cm³/mol. The first kappa shape index (κ1) is 16.3. The highest BCUT2D eigenvalue weighted by Crippen LogP contribution is 2.29. The number of rotatable bonds is 3. The minimum Gasteiger partial charge on any atom is -0.506 e. The van der Waals surface area contributed by atoms with Gasteiger partial charge in [0.05, 0.1) is 11.6 Å². The average Bonchev–Trinajstić information content (AvgIpc) is 2.93. The Hall–Kier alpha value is -2.53. The summed E-state index contributed by atoms with van der Waals surface area (Å²) < 4.78 is 0. The first-order valence-corrected chi connectivity index (χ1v) is 7.98. The molecule has 2 amide bonds. The van der Waals surface area contributed by atoms with Crippen LogP contribution in [0.3, 0.4) is 0 Å². The minimum atomic E-state index is -0.476. The summed E-state index contributed by atoms with van der Waals surface area (Å²) in [5.41, 5.74) is 1.96. The summed E-state index contributed by atoms with van der Waals surface area (Å²) >= 11 is 5.96. The third-order valence-corrected chi connectivity index (χ3v) is 4.26. The van der Waals surface area contributed by atoms with Crippen LogP contribution in [-0.2, 0) is 9.59 Å². The van der Waals surface area contributed by atoms with Crippen LogP contribution in [0.25, 0.3) is 0 Å². The van der Waals surface area contributed by atoms with E-state index in [4.69, 9.17) is 11.6 Å². The number of phenols is 1. The molecule has 5 nitrogen and oxygen atoms in total. The Morgan fingerprint density at radius 1 is 1.29 bits per heavy atom. The van der Waals surface area contributed by atoms with E-state index in [1.54, 1.807) is 41.3 Å². The highest BCUT2D eigenvalue weighted by Gasteiger charge is 2.35. The van der Waals surface area contributed by atoms with Gasteiger partial charge < -0.3 is 15.3 Å². The Morgan fingerprint density at radius 3 is 2.83 bits per heavy atom. The van der Waals surface area contributed by atoms with Crippen LogP contribution in [0.1, 0.15) is 12.0 Å². The molecule has 0 saturated carbocycles. The molecular formula is C18H17ClN2O3. The van der Waals surface area contributed by atoms with Gasteiger partial charge in [-0.1, -0.05) is 23.7 Å². The van der Waals surface area contributed by atoms with E-state index in [-0.39, 0.29) is 30.5 Å². The number of halogens is 1. The molecule has 1 unspecified atom stereocenters. The lowest BCUT2D eigenvalue weighted by atomic mass is 10.1. The number of carbonyl (C=O) groups is 2. The lowest BCUT2D eigenvalue weighted by molar-refractivity contribution is -0.122. The van der Waals surface area contributed by atoms with E-state index >= 15 is 0 Å². The van der Waals surface area contributed by atoms with Crippen molar-refractivity contribution in [3.8, 4) is 5.75 Å². The number of hydrogen-bond donors (Lipinski definition) is 2. The second-order valence-corrected chi connectivity index (χ2v) is 6.33.